The Labute approximate surface area is 174 Å². The number of alkyl halides is 2. The van der Waals surface area contributed by atoms with Gasteiger partial charge in [0.15, 0.2) is 0 Å². The van der Waals surface area contributed by atoms with Gasteiger partial charge >= 0.3 is 37.2 Å². The van der Waals surface area contributed by atoms with Crippen molar-refractivity contribution in [3.8, 4) is 0 Å². The molecule has 0 aromatic heterocycles. The van der Waals surface area contributed by atoms with Crippen LogP contribution in [0.2, 0.25) is 0 Å². The second kappa shape index (κ2) is 12.4. The molecule has 2 atom stereocenters. The number of nitrogens with zero attached hydrogens (tertiary/aromatic N) is 1. The number of rotatable bonds is 10. The minimum absolute atomic E-state index is 0. The van der Waals surface area contributed by atoms with Crippen molar-refractivity contribution in [2.75, 3.05) is 43.0 Å². The summed E-state index contributed by atoms with van der Waals surface area (Å²) in [7, 11) is -7.10. The second-order valence-electron chi connectivity index (χ2n) is 4.60. The molecule has 0 radical (unpaired) electrons. The van der Waals surface area contributed by atoms with Crippen molar-refractivity contribution in [2.24, 2.45) is 0 Å². The van der Waals surface area contributed by atoms with Crippen molar-refractivity contribution in [3.63, 3.8) is 0 Å². The molecular formula is C10H22Cl2N2NaO5PS2. The Morgan fingerprint density at radius 1 is 1.35 bits per heavy atom. The third kappa shape index (κ3) is 10.0. The van der Waals surface area contributed by atoms with Gasteiger partial charge < -0.3 is 4.52 Å². The third-order valence-electron chi connectivity index (χ3n) is 2.88. The van der Waals surface area contributed by atoms with Gasteiger partial charge in [0, 0.05) is 24.8 Å². The van der Waals surface area contributed by atoms with Crippen LogP contribution in [0.25, 0.3) is 0 Å². The Morgan fingerprint density at radius 2 is 1.96 bits per heavy atom. The van der Waals surface area contributed by atoms with E-state index in [1.54, 1.807) is 4.67 Å². The summed E-state index contributed by atoms with van der Waals surface area (Å²) >= 11 is 12.9. The molecular weight excluding hydrogens is 417 g/mol. The average molecular weight is 439 g/mol. The van der Waals surface area contributed by atoms with E-state index < -0.39 is 17.8 Å². The fourth-order valence-corrected chi connectivity index (χ4v) is 6.75. The molecule has 13 heteroatoms. The molecule has 0 amide bonds. The molecule has 1 aliphatic rings. The first-order valence-electron chi connectivity index (χ1n) is 6.77. The van der Waals surface area contributed by atoms with Gasteiger partial charge in [-0.05, 0) is 18.6 Å². The predicted octanol–water partition coefficient (Wildman–Crippen LogP) is 1.57. The zero-order valence-corrected chi connectivity index (χ0v) is 16.0. The van der Waals surface area contributed by atoms with E-state index in [9.17, 15) is 13.0 Å². The fourth-order valence-electron chi connectivity index (χ4n) is 1.89. The number of thioether (sulfide) groups is 1. The fraction of sp³-hybridized carbons (Fsp3) is 1.00. The zero-order valence-electron chi connectivity index (χ0n) is 12.0. The number of halogens is 2. The van der Waals surface area contributed by atoms with E-state index in [4.69, 9.17) is 32.3 Å². The quantitative estimate of drug-likeness (QED) is 0.174. The van der Waals surface area contributed by atoms with Crippen LogP contribution in [0, 0.1) is 0 Å². The molecule has 0 aliphatic carbocycles. The van der Waals surface area contributed by atoms with Gasteiger partial charge in [-0.1, -0.05) is 0 Å². The van der Waals surface area contributed by atoms with Crippen LogP contribution < -0.4 is 5.09 Å². The summed E-state index contributed by atoms with van der Waals surface area (Å²) in [5.41, 5.74) is 0. The van der Waals surface area contributed by atoms with Gasteiger partial charge in [-0.2, -0.15) is 8.42 Å². The van der Waals surface area contributed by atoms with E-state index in [-0.39, 0.29) is 40.7 Å². The molecule has 2 unspecified atom stereocenters. The molecule has 1 aliphatic heterocycles. The minimum atomic E-state index is -3.93. The van der Waals surface area contributed by atoms with Crippen LogP contribution in [-0.2, 0) is 19.2 Å². The van der Waals surface area contributed by atoms with Gasteiger partial charge in [0.25, 0.3) is 10.1 Å². The van der Waals surface area contributed by atoms with E-state index >= 15 is 0 Å². The molecule has 0 aromatic rings. The van der Waals surface area contributed by atoms with Crippen molar-refractivity contribution in [1.29, 1.82) is 0 Å². The van der Waals surface area contributed by atoms with Crippen LogP contribution in [0.15, 0.2) is 0 Å². The standard InChI is InChI=1S/C10H21Cl2N2O5PS2.Na.H/c11-3-5-14(6-4-12)20(15)13-10(2-7-19-20)21-8-1-9-22(16,17)18;;/h10H,1-9H2,(H,13,15)(H,16,17,18);;. The van der Waals surface area contributed by atoms with Gasteiger partial charge in [-0.25, -0.2) is 9.76 Å². The Balaban J connectivity index is 0.00000484. The van der Waals surface area contributed by atoms with Gasteiger partial charge in [-0.15, -0.1) is 35.0 Å². The van der Waals surface area contributed by atoms with Crippen molar-refractivity contribution in [2.45, 2.75) is 18.2 Å². The molecule has 0 aromatic carbocycles. The first-order valence-corrected chi connectivity index (χ1v) is 12.1. The number of nitrogens with one attached hydrogen (secondary N) is 1. The van der Waals surface area contributed by atoms with E-state index in [2.05, 4.69) is 5.09 Å². The molecule has 7 nitrogen and oxygen atoms in total. The molecule has 1 saturated heterocycles. The van der Waals surface area contributed by atoms with Crippen molar-refractivity contribution in [3.05, 3.63) is 0 Å². The first kappa shape index (κ1) is 24.9. The third-order valence-corrected chi connectivity index (χ3v) is 7.79. The molecule has 23 heavy (non-hydrogen) atoms. The predicted molar refractivity (Wildman–Crippen MR) is 98.8 cm³/mol. The normalized spacial score (nSPS) is 25.3. The second-order valence-corrected chi connectivity index (χ2v) is 10.4. The first-order chi connectivity index (χ1) is 10.3. The summed E-state index contributed by atoms with van der Waals surface area (Å²) in [5, 5.41) is 2.89. The van der Waals surface area contributed by atoms with Gasteiger partial charge in [0.1, 0.15) is 0 Å². The maximum absolute atomic E-state index is 12.8. The summed E-state index contributed by atoms with van der Waals surface area (Å²) in [6, 6.07) is 0. The Bertz CT molecular complexity index is 482. The Hall–Kier alpha value is 1.95. The molecule has 1 rings (SSSR count). The van der Waals surface area contributed by atoms with Gasteiger partial charge in [0.05, 0.1) is 17.7 Å². The van der Waals surface area contributed by atoms with Crippen LogP contribution in [0.1, 0.15) is 12.8 Å². The van der Waals surface area contributed by atoms with Crippen LogP contribution >= 0.6 is 42.6 Å². The van der Waals surface area contributed by atoms with Crippen LogP contribution in [0.4, 0.5) is 0 Å². The van der Waals surface area contributed by atoms with Crippen molar-refractivity contribution >= 4 is 82.3 Å². The molecule has 0 bridgehead atoms. The summed E-state index contributed by atoms with van der Waals surface area (Å²) in [6.45, 7) is 1.15. The summed E-state index contributed by atoms with van der Waals surface area (Å²) in [4.78, 5) is 0. The molecule has 1 heterocycles. The van der Waals surface area contributed by atoms with Crippen LogP contribution in [-0.4, -0.2) is 95.5 Å². The van der Waals surface area contributed by atoms with Crippen molar-refractivity contribution in [1.82, 2.24) is 9.76 Å². The van der Waals surface area contributed by atoms with E-state index in [0.717, 1.165) is 0 Å². The zero-order chi connectivity index (χ0) is 16.6. The molecule has 2 N–H and O–H groups in total. The topological polar surface area (TPSA) is 95.9 Å². The van der Waals surface area contributed by atoms with E-state index in [1.807, 2.05) is 0 Å². The maximum atomic E-state index is 12.8. The van der Waals surface area contributed by atoms with E-state index in [1.165, 1.54) is 11.8 Å². The summed E-state index contributed by atoms with van der Waals surface area (Å²) in [5.74, 6) is 0.893. The molecule has 1 fully saturated rings. The van der Waals surface area contributed by atoms with Crippen LogP contribution in [0.5, 0.6) is 0 Å². The molecule has 0 spiro atoms. The number of hydrogen-bond acceptors (Lipinski definition) is 5. The Morgan fingerprint density at radius 3 is 2.48 bits per heavy atom. The molecule has 134 valence electrons. The average Bonchev–Trinajstić information content (AvgIpc) is 2.43. The van der Waals surface area contributed by atoms with E-state index in [0.29, 0.717) is 50.1 Å². The summed E-state index contributed by atoms with van der Waals surface area (Å²) < 4.78 is 49.9. The summed E-state index contributed by atoms with van der Waals surface area (Å²) in [6.07, 6.45) is 0.996. The van der Waals surface area contributed by atoms with Crippen LogP contribution in [0.3, 0.4) is 0 Å². The number of hydrogen-bond donors (Lipinski definition) is 2. The SMILES string of the molecule is O=P1(N(CCCl)CCCl)NC(SCCCS(=O)(=O)O)CCO1.[NaH]. The molecule has 0 saturated carbocycles. The van der Waals surface area contributed by atoms with Gasteiger partial charge in [-0.3, -0.25) is 9.12 Å². The Kier molecular flexibility index (Phi) is 13.4. The van der Waals surface area contributed by atoms with Crippen molar-refractivity contribution < 1.29 is 22.1 Å². The van der Waals surface area contributed by atoms with Gasteiger partial charge in [0.2, 0.25) is 0 Å². The monoisotopic (exact) mass is 438 g/mol.